The molecule has 0 spiro atoms. The van der Waals surface area contributed by atoms with Crippen molar-refractivity contribution in [3.05, 3.63) is 90.1 Å². The van der Waals surface area contributed by atoms with Crippen LogP contribution in [0.3, 0.4) is 0 Å². The van der Waals surface area contributed by atoms with Gasteiger partial charge in [-0.05, 0) is 72.3 Å². The molecule has 0 aliphatic carbocycles. The van der Waals surface area contributed by atoms with E-state index in [0.29, 0.717) is 5.70 Å². The van der Waals surface area contributed by atoms with Crippen LogP contribution in [-0.2, 0) is 4.79 Å². The van der Waals surface area contributed by atoms with E-state index in [2.05, 4.69) is 5.32 Å². The van der Waals surface area contributed by atoms with Gasteiger partial charge in [0.2, 0.25) is 0 Å². The number of carbonyl (C=O) groups excluding carboxylic acids is 1. The lowest BCUT2D eigenvalue weighted by atomic mass is 10.1. The summed E-state index contributed by atoms with van der Waals surface area (Å²) in [7, 11) is 4.88. The van der Waals surface area contributed by atoms with Crippen molar-refractivity contribution >= 4 is 17.3 Å². The molecular formula is C25H24N2O4. The van der Waals surface area contributed by atoms with Crippen LogP contribution < -0.4 is 24.4 Å². The van der Waals surface area contributed by atoms with E-state index in [0.717, 1.165) is 34.2 Å². The molecule has 3 aromatic carbocycles. The van der Waals surface area contributed by atoms with Gasteiger partial charge in [0.15, 0.2) is 0 Å². The summed E-state index contributed by atoms with van der Waals surface area (Å²) in [6.45, 7) is 0. The molecule has 0 bridgehead atoms. The molecule has 3 aromatic rings. The number of nitrogens with zero attached hydrogens (tertiary/aromatic N) is 1. The highest BCUT2D eigenvalue weighted by Crippen LogP contribution is 2.37. The van der Waals surface area contributed by atoms with Gasteiger partial charge in [0, 0.05) is 11.4 Å². The lowest BCUT2D eigenvalue weighted by Crippen LogP contribution is -2.30. The normalized spacial score (nSPS) is 15.5. The molecule has 0 aromatic heterocycles. The largest absolute Gasteiger partial charge is 0.497 e. The van der Waals surface area contributed by atoms with E-state index in [4.69, 9.17) is 14.2 Å². The van der Waals surface area contributed by atoms with Crippen molar-refractivity contribution in [2.24, 2.45) is 0 Å². The molecule has 1 aliphatic heterocycles. The van der Waals surface area contributed by atoms with Crippen LogP contribution >= 0.6 is 0 Å². The standard InChI is InChI=1S/C25H24N2O4/c1-29-20-10-4-17(5-11-20)24-16-23(26-18-6-12-21(30-2)13-7-18)25(28)27(24)19-8-14-22(31-3)15-9-19/h4-16,24,26H,1-3H3/t24-/m1/s1. The molecule has 4 rings (SSSR count). The first kappa shape index (κ1) is 20.3. The number of hydrogen-bond donors (Lipinski definition) is 1. The van der Waals surface area contributed by atoms with E-state index < -0.39 is 0 Å². The maximum atomic E-state index is 13.4. The van der Waals surface area contributed by atoms with Crippen molar-refractivity contribution in [3.63, 3.8) is 0 Å². The van der Waals surface area contributed by atoms with Gasteiger partial charge >= 0.3 is 0 Å². The van der Waals surface area contributed by atoms with Crippen LogP contribution in [0.2, 0.25) is 0 Å². The fourth-order valence-corrected chi connectivity index (χ4v) is 3.55. The summed E-state index contributed by atoms with van der Waals surface area (Å²) < 4.78 is 15.7. The van der Waals surface area contributed by atoms with Crippen molar-refractivity contribution < 1.29 is 19.0 Å². The van der Waals surface area contributed by atoms with Crippen LogP contribution in [0.1, 0.15) is 11.6 Å². The van der Waals surface area contributed by atoms with Crippen molar-refractivity contribution in [1.29, 1.82) is 0 Å². The van der Waals surface area contributed by atoms with Crippen LogP contribution in [0.25, 0.3) is 0 Å². The number of rotatable bonds is 7. The third kappa shape index (κ3) is 4.19. The number of nitrogens with one attached hydrogen (secondary N) is 1. The van der Waals surface area contributed by atoms with Gasteiger partial charge < -0.3 is 19.5 Å². The average molecular weight is 416 g/mol. The third-order valence-corrected chi connectivity index (χ3v) is 5.23. The van der Waals surface area contributed by atoms with Gasteiger partial charge in [0.1, 0.15) is 22.9 Å². The van der Waals surface area contributed by atoms with Crippen LogP contribution in [0.15, 0.2) is 84.6 Å². The minimum absolute atomic E-state index is 0.109. The maximum Gasteiger partial charge on any atom is 0.275 e. The van der Waals surface area contributed by atoms with Gasteiger partial charge in [-0.2, -0.15) is 0 Å². The molecule has 1 amide bonds. The highest BCUT2D eigenvalue weighted by molar-refractivity contribution is 6.11. The van der Waals surface area contributed by atoms with E-state index in [9.17, 15) is 4.79 Å². The number of hydrogen-bond acceptors (Lipinski definition) is 5. The maximum absolute atomic E-state index is 13.4. The van der Waals surface area contributed by atoms with Crippen LogP contribution in [-0.4, -0.2) is 27.2 Å². The zero-order chi connectivity index (χ0) is 21.8. The molecule has 0 radical (unpaired) electrons. The third-order valence-electron chi connectivity index (χ3n) is 5.23. The van der Waals surface area contributed by atoms with Crippen LogP contribution in [0, 0.1) is 0 Å². The topological polar surface area (TPSA) is 60.0 Å². The quantitative estimate of drug-likeness (QED) is 0.600. The lowest BCUT2D eigenvalue weighted by Gasteiger charge is -2.25. The van der Waals surface area contributed by atoms with Gasteiger partial charge in [-0.15, -0.1) is 0 Å². The lowest BCUT2D eigenvalue weighted by molar-refractivity contribution is -0.114. The van der Waals surface area contributed by atoms with E-state index in [1.54, 1.807) is 26.2 Å². The predicted molar refractivity (Wildman–Crippen MR) is 121 cm³/mol. The number of anilines is 2. The van der Waals surface area contributed by atoms with Crippen LogP contribution in [0.5, 0.6) is 17.2 Å². The SMILES string of the molecule is COc1ccc(NC2=C[C@H](c3ccc(OC)cc3)N(c3ccc(OC)cc3)C2=O)cc1. The van der Waals surface area contributed by atoms with E-state index in [1.165, 1.54) is 0 Å². The molecule has 6 heteroatoms. The smallest absolute Gasteiger partial charge is 0.275 e. The van der Waals surface area contributed by atoms with E-state index in [-0.39, 0.29) is 11.9 Å². The fraction of sp³-hybridized carbons (Fsp3) is 0.160. The Morgan fingerprint density at radius 3 is 1.71 bits per heavy atom. The first-order valence-electron chi connectivity index (χ1n) is 9.87. The highest BCUT2D eigenvalue weighted by atomic mass is 16.5. The Labute approximate surface area is 181 Å². The minimum atomic E-state index is -0.257. The summed E-state index contributed by atoms with van der Waals surface area (Å²) in [6, 6.07) is 22.4. The van der Waals surface area contributed by atoms with Gasteiger partial charge in [-0.3, -0.25) is 9.69 Å². The van der Waals surface area contributed by atoms with E-state index >= 15 is 0 Å². The molecule has 0 saturated carbocycles. The Kier molecular flexibility index (Phi) is 5.80. The molecule has 1 N–H and O–H groups in total. The molecule has 158 valence electrons. The molecule has 1 heterocycles. The Hall–Kier alpha value is -3.93. The Balaban J connectivity index is 1.68. The van der Waals surface area contributed by atoms with Crippen molar-refractivity contribution in [1.82, 2.24) is 0 Å². The first-order chi connectivity index (χ1) is 15.1. The summed E-state index contributed by atoms with van der Waals surface area (Å²) in [5.41, 5.74) is 3.10. The summed E-state index contributed by atoms with van der Waals surface area (Å²) in [6.07, 6.45) is 1.94. The van der Waals surface area contributed by atoms with Gasteiger partial charge in [-0.25, -0.2) is 0 Å². The molecular weight excluding hydrogens is 392 g/mol. The summed E-state index contributed by atoms with van der Waals surface area (Å²) in [4.78, 5) is 15.2. The van der Waals surface area contributed by atoms with Crippen molar-refractivity contribution in [2.45, 2.75) is 6.04 Å². The number of ether oxygens (including phenoxy) is 3. The molecule has 0 fully saturated rings. The van der Waals surface area contributed by atoms with Gasteiger partial charge in [0.05, 0.1) is 27.4 Å². The number of amides is 1. The van der Waals surface area contributed by atoms with Gasteiger partial charge in [0.25, 0.3) is 5.91 Å². The van der Waals surface area contributed by atoms with Crippen molar-refractivity contribution in [3.8, 4) is 17.2 Å². The zero-order valence-electron chi connectivity index (χ0n) is 17.7. The highest BCUT2D eigenvalue weighted by Gasteiger charge is 2.34. The zero-order valence-corrected chi connectivity index (χ0v) is 17.7. The summed E-state index contributed by atoms with van der Waals surface area (Å²) in [5, 5.41) is 3.25. The number of benzene rings is 3. The van der Waals surface area contributed by atoms with Gasteiger partial charge in [-0.1, -0.05) is 12.1 Å². The second kappa shape index (κ2) is 8.83. The van der Waals surface area contributed by atoms with Crippen LogP contribution in [0.4, 0.5) is 11.4 Å². The van der Waals surface area contributed by atoms with Crippen molar-refractivity contribution in [2.75, 3.05) is 31.5 Å². The molecule has 1 atom stereocenters. The minimum Gasteiger partial charge on any atom is -0.497 e. The monoisotopic (exact) mass is 416 g/mol. The molecule has 31 heavy (non-hydrogen) atoms. The second-order valence-corrected chi connectivity index (χ2v) is 7.03. The number of methoxy groups -OCH3 is 3. The Morgan fingerprint density at radius 2 is 1.19 bits per heavy atom. The second-order valence-electron chi connectivity index (χ2n) is 7.03. The molecule has 0 saturated heterocycles. The summed E-state index contributed by atoms with van der Waals surface area (Å²) >= 11 is 0. The Morgan fingerprint density at radius 1 is 0.710 bits per heavy atom. The molecule has 0 unspecified atom stereocenters. The molecule has 1 aliphatic rings. The van der Waals surface area contributed by atoms with E-state index in [1.807, 2.05) is 78.9 Å². The predicted octanol–water partition coefficient (Wildman–Crippen LogP) is 4.80. The summed E-state index contributed by atoms with van der Waals surface area (Å²) in [5.74, 6) is 2.15. The Bertz CT molecular complexity index is 1070. The fourth-order valence-electron chi connectivity index (χ4n) is 3.55. The first-order valence-corrected chi connectivity index (χ1v) is 9.87. The molecule has 6 nitrogen and oxygen atoms in total. The number of carbonyl (C=O) groups is 1. The average Bonchev–Trinajstić information content (AvgIpc) is 3.15.